The van der Waals surface area contributed by atoms with Gasteiger partial charge in [0.25, 0.3) is 0 Å². The van der Waals surface area contributed by atoms with E-state index in [1.165, 1.54) is 30.7 Å². The van der Waals surface area contributed by atoms with Crippen LogP contribution in [0.4, 0.5) is 4.39 Å². The normalized spacial score (nSPS) is 11.0. The Morgan fingerprint density at radius 3 is 2.78 bits per heavy atom. The van der Waals surface area contributed by atoms with E-state index in [0.29, 0.717) is 17.2 Å². The lowest BCUT2D eigenvalue weighted by Crippen LogP contribution is -2.04. The fourth-order valence-electron chi connectivity index (χ4n) is 2.20. The molecule has 0 saturated carbocycles. The molecule has 0 atom stereocenters. The SMILES string of the molecule is CC(C)c1nccn1-c1cc(F)ccc1Oc1cncnc1Cl. The van der Waals surface area contributed by atoms with Crippen LogP contribution in [0.3, 0.4) is 0 Å². The first-order chi connectivity index (χ1) is 11.1. The minimum atomic E-state index is -0.369. The second-order valence-corrected chi connectivity index (χ2v) is 5.56. The van der Waals surface area contributed by atoms with Crippen molar-refractivity contribution in [2.75, 3.05) is 0 Å². The number of aromatic nitrogens is 4. The molecule has 0 saturated heterocycles. The summed E-state index contributed by atoms with van der Waals surface area (Å²) >= 11 is 6.00. The first-order valence-electron chi connectivity index (χ1n) is 7.03. The second kappa shape index (κ2) is 6.34. The molecule has 5 nitrogen and oxygen atoms in total. The number of imidazole rings is 1. The van der Waals surface area contributed by atoms with Gasteiger partial charge in [0.2, 0.25) is 0 Å². The number of benzene rings is 1. The van der Waals surface area contributed by atoms with Crippen LogP contribution in [-0.4, -0.2) is 19.5 Å². The predicted molar refractivity (Wildman–Crippen MR) is 84.7 cm³/mol. The minimum Gasteiger partial charge on any atom is -0.450 e. The van der Waals surface area contributed by atoms with Gasteiger partial charge in [0.05, 0.1) is 11.9 Å². The summed E-state index contributed by atoms with van der Waals surface area (Å²) in [5.74, 6) is 1.34. The molecule has 0 aliphatic rings. The Hall–Kier alpha value is -2.47. The summed E-state index contributed by atoms with van der Waals surface area (Å²) in [5, 5.41) is 0.185. The number of hydrogen-bond acceptors (Lipinski definition) is 4. The third kappa shape index (κ3) is 3.17. The van der Waals surface area contributed by atoms with Crippen molar-refractivity contribution >= 4 is 11.6 Å². The van der Waals surface area contributed by atoms with Crippen LogP contribution in [-0.2, 0) is 0 Å². The third-order valence-corrected chi connectivity index (χ3v) is 3.50. The van der Waals surface area contributed by atoms with Gasteiger partial charge in [-0.1, -0.05) is 25.4 Å². The van der Waals surface area contributed by atoms with Crippen LogP contribution in [0, 0.1) is 5.82 Å². The van der Waals surface area contributed by atoms with Crippen molar-refractivity contribution in [3.8, 4) is 17.2 Å². The summed E-state index contributed by atoms with van der Waals surface area (Å²) in [7, 11) is 0. The molecule has 7 heteroatoms. The Morgan fingerprint density at radius 1 is 1.22 bits per heavy atom. The Morgan fingerprint density at radius 2 is 2.04 bits per heavy atom. The lowest BCUT2D eigenvalue weighted by atomic mass is 10.2. The van der Waals surface area contributed by atoms with Gasteiger partial charge in [-0.3, -0.25) is 4.57 Å². The zero-order chi connectivity index (χ0) is 16.4. The van der Waals surface area contributed by atoms with Crippen molar-refractivity contribution in [2.45, 2.75) is 19.8 Å². The van der Waals surface area contributed by atoms with Gasteiger partial charge in [0, 0.05) is 24.4 Å². The van der Waals surface area contributed by atoms with Crippen LogP contribution in [0.5, 0.6) is 11.5 Å². The second-order valence-electron chi connectivity index (χ2n) is 5.20. The summed E-state index contributed by atoms with van der Waals surface area (Å²) in [6.07, 6.45) is 6.22. The summed E-state index contributed by atoms with van der Waals surface area (Å²) in [5.41, 5.74) is 0.533. The van der Waals surface area contributed by atoms with E-state index in [0.717, 1.165) is 5.82 Å². The Labute approximate surface area is 137 Å². The molecule has 3 aromatic rings. The number of rotatable bonds is 4. The molecule has 3 rings (SSSR count). The molecular weight excluding hydrogens is 319 g/mol. The summed E-state index contributed by atoms with van der Waals surface area (Å²) in [6.45, 7) is 4.03. The first-order valence-corrected chi connectivity index (χ1v) is 7.40. The lowest BCUT2D eigenvalue weighted by Gasteiger charge is -2.15. The van der Waals surface area contributed by atoms with Gasteiger partial charge in [0.1, 0.15) is 18.0 Å². The molecule has 0 fully saturated rings. The molecule has 0 spiro atoms. The fourth-order valence-corrected chi connectivity index (χ4v) is 2.33. The molecule has 0 amide bonds. The van der Waals surface area contributed by atoms with E-state index in [1.54, 1.807) is 17.0 Å². The van der Waals surface area contributed by atoms with Gasteiger partial charge in [0.15, 0.2) is 16.7 Å². The van der Waals surface area contributed by atoms with Crippen LogP contribution < -0.4 is 4.74 Å². The maximum absolute atomic E-state index is 13.7. The van der Waals surface area contributed by atoms with E-state index in [4.69, 9.17) is 16.3 Å². The van der Waals surface area contributed by atoms with E-state index in [-0.39, 0.29) is 16.9 Å². The average Bonchev–Trinajstić information content (AvgIpc) is 3.01. The fraction of sp³-hybridized carbons (Fsp3) is 0.188. The molecule has 118 valence electrons. The highest BCUT2D eigenvalue weighted by Gasteiger charge is 2.15. The molecule has 0 radical (unpaired) electrons. The van der Waals surface area contributed by atoms with Crippen LogP contribution >= 0.6 is 11.6 Å². The smallest absolute Gasteiger partial charge is 0.183 e. The van der Waals surface area contributed by atoms with Crippen molar-refractivity contribution in [3.63, 3.8) is 0 Å². The van der Waals surface area contributed by atoms with E-state index in [2.05, 4.69) is 15.0 Å². The van der Waals surface area contributed by atoms with Crippen LogP contribution in [0.25, 0.3) is 5.69 Å². The van der Waals surface area contributed by atoms with Crippen molar-refractivity contribution in [3.05, 3.63) is 59.9 Å². The number of nitrogens with zero attached hydrogens (tertiary/aromatic N) is 4. The predicted octanol–water partition coefficient (Wildman–Crippen LogP) is 4.37. The molecule has 2 heterocycles. The maximum atomic E-state index is 13.7. The lowest BCUT2D eigenvalue weighted by molar-refractivity contribution is 0.472. The van der Waals surface area contributed by atoms with Gasteiger partial charge >= 0.3 is 0 Å². The highest BCUT2D eigenvalue weighted by molar-refractivity contribution is 6.30. The van der Waals surface area contributed by atoms with Crippen molar-refractivity contribution < 1.29 is 9.13 Å². The van der Waals surface area contributed by atoms with Crippen LogP contribution in [0.15, 0.2) is 43.1 Å². The van der Waals surface area contributed by atoms with Crippen LogP contribution in [0.1, 0.15) is 25.6 Å². The number of ether oxygens (including phenoxy) is 1. The molecule has 23 heavy (non-hydrogen) atoms. The zero-order valence-electron chi connectivity index (χ0n) is 12.6. The van der Waals surface area contributed by atoms with Crippen molar-refractivity contribution in [2.24, 2.45) is 0 Å². The van der Waals surface area contributed by atoms with E-state index in [9.17, 15) is 4.39 Å². The Bertz CT molecular complexity index is 834. The first kappa shape index (κ1) is 15.4. The standard InChI is InChI=1S/C16H14ClFN4O/c1-10(2)16-20-5-6-22(16)12-7-11(18)3-4-13(12)23-14-8-19-9-21-15(14)17/h3-10H,1-2H3. The van der Waals surface area contributed by atoms with Gasteiger partial charge in [-0.15, -0.1) is 0 Å². The van der Waals surface area contributed by atoms with E-state index < -0.39 is 0 Å². The highest BCUT2D eigenvalue weighted by Crippen LogP contribution is 2.33. The third-order valence-electron chi connectivity index (χ3n) is 3.22. The van der Waals surface area contributed by atoms with Crippen molar-refractivity contribution in [1.29, 1.82) is 0 Å². The topological polar surface area (TPSA) is 52.8 Å². The number of hydrogen-bond donors (Lipinski definition) is 0. The molecule has 0 aliphatic heterocycles. The van der Waals surface area contributed by atoms with Gasteiger partial charge in [-0.05, 0) is 12.1 Å². The molecule has 0 unspecified atom stereocenters. The Balaban J connectivity index is 2.09. The van der Waals surface area contributed by atoms with Gasteiger partial charge in [-0.2, -0.15) is 0 Å². The molecule has 2 aromatic heterocycles. The molecule has 0 bridgehead atoms. The zero-order valence-corrected chi connectivity index (χ0v) is 13.3. The summed E-state index contributed by atoms with van der Waals surface area (Å²) in [4.78, 5) is 12.1. The van der Waals surface area contributed by atoms with Crippen molar-refractivity contribution in [1.82, 2.24) is 19.5 Å². The average molecular weight is 333 g/mol. The quantitative estimate of drug-likeness (QED) is 0.666. The molecule has 1 aromatic carbocycles. The van der Waals surface area contributed by atoms with E-state index >= 15 is 0 Å². The van der Waals surface area contributed by atoms with Gasteiger partial charge in [-0.25, -0.2) is 19.3 Å². The minimum absolute atomic E-state index is 0.171. The van der Waals surface area contributed by atoms with Gasteiger partial charge < -0.3 is 4.74 Å². The highest BCUT2D eigenvalue weighted by atomic mass is 35.5. The largest absolute Gasteiger partial charge is 0.450 e. The molecule has 0 N–H and O–H groups in total. The van der Waals surface area contributed by atoms with E-state index in [1.807, 2.05) is 13.8 Å². The number of halogens is 2. The molecular formula is C16H14ClFN4O. The van der Waals surface area contributed by atoms with Crippen LogP contribution in [0.2, 0.25) is 5.15 Å². The summed E-state index contributed by atoms with van der Waals surface area (Å²) in [6, 6.07) is 4.25. The molecule has 0 aliphatic carbocycles. The Kier molecular flexibility index (Phi) is 4.25. The monoisotopic (exact) mass is 332 g/mol. The summed E-state index contributed by atoms with van der Waals surface area (Å²) < 4.78 is 21.3. The maximum Gasteiger partial charge on any atom is 0.183 e.